The molecular weight excluding hydrogens is 352 g/mol. The Bertz CT molecular complexity index is 691. The molecule has 0 bridgehead atoms. The van der Waals surface area contributed by atoms with Crippen LogP contribution in [0.25, 0.3) is 0 Å². The van der Waals surface area contributed by atoms with Gasteiger partial charge in [0.05, 0.1) is 12.5 Å². The van der Waals surface area contributed by atoms with Gasteiger partial charge in [0.15, 0.2) is 5.96 Å². The van der Waals surface area contributed by atoms with Crippen LogP contribution in [0.1, 0.15) is 37.8 Å². The van der Waals surface area contributed by atoms with Gasteiger partial charge in [-0.05, 0) is 44.2 Å². The molecule has 1 aromatic rings. The monoisotopic (exact) mass is 386 g/mol. The Morgan fingerprint density at radius 2 is 2.11 bits per heavy atom. The molecule has 1 saturated heterocycles. The van der Waals surface area contributed by atoms with Crippen molar-refractivity contribution in [3.05, 3.63) is 35.4 Å². The Kier molecular flexibility index (Phi) is 7.31. The summed E-state index contributed by atoms with van der Waals surface area (Å²) in [7, 11) is 1.82. The van der Waals surface area contributed by atoms with E-state index in [0.29, 0.717) is 19.2 Å². The van der Waals surface area contributed by atoms with E-state index in [9.17, 15) is 4.79 Å². The van der Waals surface area contributed by atoms with Crippen LogP contribution in [0.3, 0.4) is 0 Å². The molecule has 1 fully saturated rings. The smallest absolute Gasteiger partial charge is 0.310 e. The van der Waals surface area contributed by atoms with Crippen molar-refractivity contribution < 1.29 is 9.53 Å². The number of hydrogen-bond acceptors (Lipinski definition) is 4. The number of guanidine groups is 1. The van der Waals surface area contributed by atoms with Crippen LogP contribution in [0.15, 0.2) is 29.3 Å². The van der Waals surface area contributed by atoms with E-state index in [0.717, 1.165) is 51.4 Å². The van der Waals surface area contributed by atoms with Gasteiger partial charge in [0.2, 0.25) is 0 Å². The van der Waals surface area contributed by atoms with Gasteiger partial charge in [0.1, 0.15) is 0 Å². The molecule has 1 aromatic carbocycles. The van der Waals surface area contributed by atoms with Gasteiger partial charge in [-0.1, -0.05) is 24.3 Å². The Morgan fingerprint density at radius 1 is 1.32 bits per heavy atom. The summed E-state index contributed by atoms with van der Waals surface area (Å²) in [4.78, 5) is 21.3. The Balaban J connectivity index is 1.52. The Morgan fingerprint density at radius 3 is 2.86 bits per heavy atom. The van der Waals surface area contributed by atoms with E-state index in [1.54, 1.807) is 0 Å². The number of nitrogens with one attached hydrogen (secondary N) is 1. The van der Waals surface area contributed by atoms with E-state index in [1.807, 2.05) is 14.0 Å². The highest BCUT2D eigenvalue weighted by Gasteiger charge is 2.29. The summed E-state index contributed by atoms with van der Waals surface area (Å²) in [5, 5.41) is 3.53. The summed E-state index contributed by atoms with van der Waals surface area (Å²) >= 11 is 0. The van der Waals surface area contributed by atoms with E-state index >= 15 is 0 Å². The predicted molar refractivity (Wildman–Crippen MR) is 112 cm³/mol. The number of rotatable bonds is 5. The molecule has 2 aliphatic heterocycles. The average molecular weight is 387 g/mol. The molecule has 0 spiro atoms. The zero-order valence-electron chi connectivity index (χ0n) is 17.5. The molecule has 0 saturated carbocycles. The highest BCUT2D eigenvalue weighted by atomic mass is 16.5. The molecule has 6 nitrogen and oxygen atoms in total. The third-order valence-corrected chi connectivity index (χ3v) is 5.89. The van der Waals surface area contributed by atoms with Gasteiger partial charge in [0, 0.05) is 45.8 Å². The minimum absolute atomic E-state index is 0.0525. The van der Waals surface area contributed by atoms with E-state index < -0.39 is 0 Å². The van der Waals surface area contributed by atoms with Crippen LogP contribution < -0.4 is 5.32 Å². The fraction of sp³-hybridized carbons (Fsp3) is 0.636. The number of esters is 1. The lowest BCUT2D eigenvalue weighted by molar-refractivity contribution is -0.149. The number of carbonyl (C=O) groups is 1. The number of aliphatic imine (C=N–C) groups is 1. The molecule has 0 aliphatic carbocycles. The van der Waals surface area contributed by atoms with Crippen molar-refractivity contribution in [3.63, 3.8) is 0 Å². The Hall–Kier alpha value is -2.08. The third-order valence-electron chi connectivity index (χ3n) is 5.89. The number of likely N-dealkylation sites (tertiary alicyclic amines) is 1. The van der Waals surface area contributed by atoms with Crippen LogP contribution in [0.4, 0.5) is 0 Å². The summed E-state index contributed by atoms with van der Waals surface area (Å²) in [6.45, 7) is 9.13. The third kappa shape index (κ3) is 5.04. The van der Waals surface area contributed by atoms with Crippen LogP contribution >= 0.6 is 0 Å². The maximum absolute atomic E-state index is 12.1. The highest BCUT2D eigenvalue weighted by molar-refractivity contribution is 5.81. The van der Waals surface area contributed by atoms with Gasteiger partial charge in [-0.25, -0.2) is 0 Å². The molecule has 2 aliphatic rings. The lowest BCUT2D eigenvalue weighted by atomic mass is 9.98. The second kappa shape index (κ2) is 9.92. The molecule has 0 amide bonds. The molecule has 0 aromatic heterocycles. The van der Waals surface area contributed by atoms with Crippen LogP contribution in [0.2, 0.25) is 0 Å². The van der Waals surface area contributed by atoms with Gasteiger partial charge in [-0.3, -0.25) is 14.7 Å². The number of benzene rings is 1. The maximum Gasteiger partial charge on any atom is 0.310 e. The van der Waals surface area contributed by atoms with Crippen molar-refractivity contribution in [3.8, 4) is 0 Å². The number of carbonyl (C=O) groups excluding carboxylic acids is 1. The first-order valence-electron chi connectivity index (χ1n) is 10.6. The lowest BCUT2D eigenvalue weighted by Gasteiger charge is -2.36. The predicted octanol–water partition coefficient (Wildman–Crippen LogP) is 2.28. The number of hydrogen-bond donors (Lipinski definition) is 1. The van der Waals surface area contributed by atoms with E-state index in [-0.39, 0.29) is 11.9 Å². The molecule has 2 unspecified atom stereocenters. The fourth-order valence-corrected chi connectivity index (χ4v) is 4.22. The number of nitrogens with zero attached hydrogens (tertiary/aromatic N) is 3. The zero-order valence-corrected chi connectivity index (χ0v) is 17.5. The molecule has 2 heterocycles. The Labute approximate surface area is 168 Å². The van der Waals surface area contributed by atoms with E-state index in [2.05, 4.69) is 51.3 Å². The van der Waals surface area contributed by atoms with Gasteiger partial charge in [-0.15, -0.1) is 0 Å². The quantitative estimate of drug-likeness (QED) is 0.478. The van der Waals surface area contributed by atoms with Crippen molar-refractivity contribution >= 4 is 11.9 Å². The minimum Gasteiger partial charge on any atom is -0.466 e. The van der Waals surface area contributed by atoms with Crippen molar-refractivity contribution in [1.82, 2.24) is 15.1 Å². The summed E-state index contributed by atoms with van der Waals surface area (Å²) < 4.78 is 5.22. The summed E-state index contributed by atoms with van der Waals surface area (Å²) in [5.41, 5.74) is 2.92. The normalized spacial score (nSPS) is 21.8. The van der Waals surface area contributed by atoms with Gasteiger partial charge in [0.25, 0.3) is 0 Å². The molecule has 28 heavy (non-hydrogen) atoms. The molecule has 6 heteroatoms. The summed E-state index contributed by atoms with van der Waals surface area (Å²) in [6.07, 6.45) is 3.00. The first-order valence-corrected chi connectivity index (χ1v) is 10.6. The summed E-state index contributed by atoms with van der Waals surface area (Å²) in [6, 6.07) is 9.16. The van der Waals surface area contributed by atoms with Gasteiger partial charge >= 0.3 is 5.97 Å². The molecule has 2 atom stereocenters. The lowest BCUT2D eigenvalue weighted by Crippen LogP contribution is -2.51. The molecule has 1 N–H and O–H groups in total. The average Bonchev–Trinajstić information content (AvgIpc) is 2.74. The molecule has 154 valence electrons. The van der Waals surface area contributed by atoms with Crippen molar-refractivity contribution in [2.75, 3.05) is 39.8 Å². The largest absolute Gasteiger partial charge is 0.466 e. The van der Waals surface area contributed by atoms with Crippen LogP contribution in [0.5, 0.6) is 0 Å². The van der Waals surface area contributed by atoms with E-state index in [4.69, 9.17) is 4.74 Å². The summed E-state index contributed by atoms with van der Waals surface area (Å²) in [5.74, 6) is 0.754. The number of ether oxygens (including phenoxy) is 1. The van der Waals surface area contributed by atoms with Gasteiger partial charge < -0.3 is 15.0 Å². The second-order valence-electron chi connectivity index (χ2n) is 7.80. The van der Waals surface area contributed by atoms with Crippen LogP contribution in [0, 0.1) is 5.92 Å². The highest BCUT2D eigenvalue weighted by Crippen LogP contribution is 2.20. The topological polar surface area (TPSA) is 57.2 Å². The van der Waals surface area contributed by atoms with Crippen molar-refractivity contribution in [2.45, 2.75) is 45.7 Å². The van der Waals surface area contributed by atoms with E-state index in [1.165, 1.54) is 11.1 Å². The zero-order chi connectivity index (χ0) is 19.9. The first kappa shape index (κ1) is 20.6. The number of piperidine rings is 1. The van der Waals surface area contributed by atoms with Crippen molar-refractivity contribution in [2.24, 2.45) is 10.9 Å². The maximum atomic E-state index is 12.1. The van der Waals surface area contributed by atoms with Crippen molar-refractivity contribution in [1.29, 1.82) is 0 Å². The second-order valence-corrected chi connectivity index (χ2v) is 7.80. The van der Waals surface area contributed by atoms with Crippen LogP contribution in [-0.4, -0.2) is 67.6 Å². The van der Waals surface area contributed by atoms with Crippen LogP contribution in [-0.2, 0) is 22.5 Å². The number of fused-ring (bicyclic) bond motifs is 1. The minimum atomic E-state index is -0.0806. The standard InChI is InChI=1S/C22H34N4O2/c1-4-28-21(27)20-10-7-12-26(16-20)22(23-3)24-14-17(2)25-13-11-18-8-5-6-9-19(18)15-25/h5-6,8-9,17,20H,4,7,10-16H2,1-3H3,(H,23,24). The van der Waals surface area contributed by atoms with Gasteiger partial charge in [-0.2, -0.15) is 0 Å². The molecule has 3 rings (SSSR count). The first-order chi connectivity index (χ1) is 13.6. The SMILES string of the molecule is CCOC(=O)C1CCCN(C(=NC)NCC(C)N2CCc3ccccc3C2)C1. The fourth-order valence-electron chi connectivity index (χ4n) is 4.22. The molecular formula is C22H34N4O2. The molecule has 0 radical (unpaired) electrons.